The van der Waals surface area contributed by atoms with Gasteiger partial charge in [-0.2, -0.15) is 23.6 Å². The van der Waals surface area contributed by atoms with Crippen LogP contribution in [0.15, 0.2) is 85.1 Å². The van der Waals surface area contributed by atoms with E-state index in [2.05, 4.69) is 16.4 Å². The molecule has 4 aromatic rings. The molecule has 0 fully saturated rings. The van der Waals surface area contributed by atoms with E-state index in [-0.39, 0.29) is 54.4 Å². The molecule has 0 aliphatic carbocycles. The van der Waals surface area contributed by atoms with Crippen LogP contribution in [-0.2, 0) is 21.6 Å². The number of hydrogen-bond acceptors (Lipinski definition) is 2. The zero-order valence-corrected chi connectivity index (χ0v) is 27.8. The van der Waals surface area contributed by atoms with Crippen LogP contribution in [0.3, 0.4) is 0 Å². The van der Waals surface area contributed by atoms with Crippen molar-refractivity contribution < 1.29 is 62.3 Å². The summed E-state index contributed by atoms with van der Waals surface area (Å²) >= 11 is 0.810. The molecule has 0 saturated carbocycles. The van der Waals surface area contributed by atoms with Crippen LogP contribution >= 0.6 is 31.8 Å². The topological polar surface area (TPSA) is 42.0 Å². The molecule has 1 N–H and O–H groups in total. The standard InChI is InChI=1S/C28H19F6IN2OP.U/c29-22-13-12-18(15-21(22)28(33,34)39)25(38)37-26(23-11-4-5-14-36-23,16-17-7-2-1-3-8-17)19-9-6-10-20(24(19)30)27(31,32)35;/h1-4,6-15H,16,39H2,(H,37,38);/q-1;/t26-;/m0./s1. The molecule has 0 saturated heterocycles. The van der Waals surface area contributed by atoms with Gasteiger partial charge in [0.2, 0.25) is 0 Å². The molecule has 0 radical (unpaired) electrons. The maximum absolute atomic E-state index is 16.0. The second kappa shape index (κ2) is 12.9. The smallest absolute Gasteiger partial charge is 0.324 e. The Labute approximate surface area is 266 Å². The van der Waals surface area contributed by atoms with Crippen molar-refractivity contribution in [3.63, 3.8) is 0 Å². The number of pyridine rings is 1. The van der Waals surface area contributed by atoms with Gasteiger partial charge in [-0.05, 0) is 35.5 Å². The van der Waals surface area contributed by atoms with Crippen LogP contribution in [0.4, 0.5) is 26.3 Å². The predicted octanol–water partition coefficient (Wildman–Crippen LogP) is 7.48. The summed E-state index contributed by atoms with van der Waals surface area (Å²) in [7, 11) is 1.20. The van der Waals surface area contributed by atoms with Crippen molar-refractivity contribution in [1.82, 2.24) is 10.3 Å². The first-order chi connectivity index (χ1) is 18.3. The van der Waals surface area contributed by atoms with Crippen LogP contribution in [0.5, 0.6) is 0 Å². The molecule has 3 aromatic carbocycles. The van der Waals surface area contributed by atoms with E-state index >= 15 is 4.39 Å². The number of carbonyl (C=O) groups is 1. The molecule has 0 spiro atoms. The summed E-state index contributed by atoms with van der Waals surface area (Å²) in [6.07, 6.45) is 1.11. The third kappa shape index (κ3) is 7.10. The zero-order valence-electron chi connectivity index (χ0n) is 20.4. The summed E-state index contributed by atoms with van der Waals surface area (Å²) in [5.41, 5.74) is -7.56. The Kier molecular flexibility index (Phi) is 10.5. The Hall–Kier alpha value is -1.93. The van der Waals surface area contributed by atoms with Crippen LogP contribution in [0, 0.1) is 48.8 Å². The van der Waals surface area contributed by atoms with E-state index < -0.39 is 43.8 Å². The summed E-state index contributed by atoms with van der Waals surface area (Å²) in [5, 5.41) is 2.67. The second-order valence-electron chi connectivity index (χ2n) is 8.65. The van der Waals surface area contributed by atoms with E-state index in [0.717, 1.165) is 34.7 Å². The van der Waals surface area contributed by atoms with E-state index in [1.54, 1.807) is 30.3 Å². The molecule has 4 rings (SSSR count). The van der Waals surface area contributed by atoms with Gasteiger partial charge in [0.1, 0.15) is 11.6 Å². The van der Waals surface area contributed by atoms with Crippen molar-refractivity contribution in [2.45, 2.75) is 21.6 Å². The monoisotopic (exact) mass is 909 g/mol. The largest absolute Gasteiger partial charge is 0.338 e. The van der Waals surface area contributed by atoms with Crippen LogP contribution in [0.1, 0.15) is 38.3 Å². The van der Waals surface area contributed by atoms with Gasteiger partial charge in [-0.15, -0.1) is 0 Å². The minimum atomic E-state index is -3.68. The van der Waals surface area contributed by atoms with E-state index in [0.29, 0.717) is 17.7 Å². The van der Waals surface area contributed by atoms with Gasteiger partial charge < -0.3 is 5.32 Å². The number of alkyl halides is 5. The van der Waals surface area contributed by atoms with Crippen LogP contribution in [-0.4, -0.2) is 10.9 Å². The molecule has 0 aliphatic heterocycles. The summed E-state index contributed by atoms with van der Waals surface area (Å²) in [5.74, 6) is -3.49. The maximum Gasteiger partial charge on any atom is 0.324 e. The number of amides is 1. The van der Waals surface area contributed by atoms with Gasteiger partial charge in [-0.3, -0.25) is 9.78 Å². The summed E-state index contributed by atoms with van der Waals surface area (Å²) < 4.78 is 83.2. The Morgan fingerprint density at radius 1 is 0.925 bits per heavy atom. The average Bonchev–Trinajstić information content (AvgIpc) is 2.88. The molecule has 12 heteroatoms. The number of rotatable bonds is 8. The van der Waals surface area contributed by atoms with Gasteiger partial charge in [-0.1, -0.05) is 57.9 Å². The van der Waals surface area contributed by atoms with Gasteiger partial charge in [-0.25, -0.2) is 20.9 Å². The van der Waals surface area contributed by atoms with Crippen LogP contribution < -0.4 is 5.32 Å². The predicted molar refractivity (Wildman–Crippen MR) is 146 cm³/mol. The van der Waals surface area contributed by atoms with Gasteiger partial charge >= 0.3 is 3.93 Å². The second-order valence-corrected chi connectivity index (χ2v) is 10.7. The Morgan fingerprint density at radius 2 is 1.60 bits per heavy atom. The van der Waals surface area contributed by atoms with E-state index in [9.17, 15) is 26.7 Å². The molecule has 1 aromatic heterocycles. The minimum Gasteiger partial charge on any atom is -0.338 e. The van der Waals surface area contributed by atoms with Crippen molar-refractivity contribution in [3.05, 3.63) is 136 Å². The molecule has 0 bridgehead atoms. The summed E-state index contributed by atoms with van der Waals surface area (Å²) in [4.78, 5) is 17.9. The fraction of sp³-hybridized carbons (Fsp3) is 0.143. The number of benzene rings is 3. The fourth-order valence-corrected chi connectivity index (χ4v) is 4.88. The zero-order chi connectivity index (χ0) is 28.4. The number of halogens is 7. The first kappa shape index (κ1) is 32.6. The molecule has 1 heterocycles. The minimum absolute atomic E-state index is 0. The van der Waals surface area contributed by atoms with Gasteiger partial charge in [0.25, 0.3) is 11.6 Å². The molecular weight excluding hydrogens is 890 g/mol. The van der Waals surface area contributed by atoms with Gasteiger partial charge in [0.15, 0.2) is 0 Å². The van der Waals surface area contributed by atoms with Gasteiger partial charge in [0, 0.05) is 71.3 Å². The molecule has 40 heavy (non-hydrogen) atoms. The summed E-state index contributed by atoms with van der Waals surface area (Å²) in [6, 6.07) is 19.9. The van der Waals surface area contributed by atoms with Crippen molar-refractivity contribution in [1.29, 1.82) is 0 Å². The maximum atomic E-state index is 16.0. The number of aromatic nitrogens is 1. The number of nitrogens with zero attached hydrogens (tertiary/aromatic N) is 1. The quantitative estimate of drug-likeness (QED) is 0.0656. The van der Waals surface area contributed by atoms with E-state index in [1.165, 1.54) is 39.7 Å². The normalized spacial score (nSPS) is 13.2. The Morgan fingerprint density at radius 3 is 2.20 bits per heavy atom. The molecule has 3 nitrogen and oxygen atoms in total. The van der Waals surface area contributed by atoms with E-state index in [4.69, 9.17) is 0 Å². The van der Waals surface area contributed by atoms with Crippen molar-refractivity contribution in [3.8, 4) is 0 Å². The third-order valence-corrected chi connectivity index (χ3v) is 6.94. The first-order valence-corrected chi connectivity index (χ1v) is 13.0. The van der Waals surface area contributed by atoms with Crippen molar-refractivity contribution in [2.75, 3.05) is 0 Å². The molecule has 1 unspecified atom stereocenters. The fourth-order valence-electron chi connectivity index (χ4n) is 4.24. The Balaban J connectivity index is 0.00000441. The van der Waals surface area contributed by atoms with Gasteiger partial charge in [0.05, 0.1) is 16.7 Å². The van der Waals surface area contributed by atoms with Crippen molar-refractivity contribution in [2.24, 2.45) is 0 Å². The number of carbonyl (C=O) groups excluding carboxylic acids is 1. The number of nitrogens with one attached hydrogen (secondary N) is 1. The van der Waals surface area contributed by atoms with Crippen molar-refractivity contribution >= 4 is 37.7 Å². The molecule has 1 amide bonds. The molecular formula is C28H19F6IN2OPU-. The van der Waals surface area contributed by atoms with Crippen LogP contribution in [0.2, 0.25) is 0 Å². The SMILES string of the molecule is O=C(N[C@](Cc1ccccc1)(c1cc[c-]cn1)c1cccc(C(F)(F)I)c1F)c1ccc(F)c(C(F)(F)P)c1.[U]. The summed E-state index contributed by atoms with van der Waals surface area (Å²) in [6.45, 7) is 0. The number of hydrogen-bond donors (Lipinski definition) is 1. The van der Waals surface area contributed by atoms with E-state index in [1.807, 2.05) is 0 Å². The molecule has 2 atom stereocenters. The Bertz CT molecular complexity index is 1490. The first-order valence-electron chi connectivity index (χ1n) is 11.3. The molecule has 206 valence electrons. The van der Waals surface area contributed by atoms with Crippen LogP contribution in [0.25, 0.3) is 0 Å². The average molecular weight is 909 g/mol. The molecule has 0 aliphatic rings. The third-order valence-electron chi connectivity index (χ3n) is 6.04.